The average Bonchev–Trinajstić information content (AvgIpc) is 2.65. The fourth-order valence-corrected chi connectivity index (χ4v) is 2.98. The summed E-state index contributed by atoms with van der Waals surface area (Å²) in [6.07, 6.45) is 4.11. The molecule has 1 aliphatic rings. The molecule has 1 aromatic carbocycles. The maximum absolute atomic E-state index is 9.78. The van der Waals surface area contributed by atoms with Gasteiger partial charge in [0.25, 0.3) is 0 Å². The molecule has 2 rings (SSSR count). The summed E-state index contributed by atoms with van der Waals surface area (Å²) in [6, 6.07) is 6.14. The van der Waals surface area contributed by atoms with Crippen LogP contribution in [0.3, 0.4) is 0 Å². The van der Waals surface area contributed by atoms with Crippen molar-refractivity contribution in [1.82, 2.24) is 0 Å². The number of rotatable bonds is 3. The highest BCUT2D eigenvalue weighted by molar-refractivity contribution is 9.10. The minimum Gasteiger partial charge on any atom is -0.496 e. The predicted molar refractivity (Wildman–Crippen MR) is 67.7 cm³/mol. The Morgan fingerprint density at radius 3 is 2.81 bits per heavy atom. The number of halogens is 1. The first-order chi connectivity index (χ1) is 7.70. The van der Waals surface area contributed by atoms with E-state index in [1.54, 1.807) is 7.11 Å². The number of aliphatic hydroxyl groups is 1. The molecule has 0 aromatic heterocycles. The molecule has 1 saturated carbocycles. The van der Waals surface area contributed by atoms with E-state index < -0.39 is 0 Å². The summed E-state index contributed by atoms with van der Waals surface area (Å²) in [6.45, 7) is 0. The van der Waals surface area contributed by atoms with Crippen LogP contribution in [-0.4, -0.2) is 18.3 Å². The number of ether oxygens (including phenoxy) is 1. The Balaban J connectivity index is 2.07. The Bertz CT molecular complexity index is 365. The lowest BCUT2D eigenvalue weighted by molar-refractivity contribution is 0.132. The van der Waals surface area contributed by atoms with Crippen molar-refractivity contribution in [2.75, 3.05) is 7.11 Å². The maximum Gasteiger partial charge on any atom is 0.133 e. The molecule has 1 N–H and O–H groups in total. The van der Waals surface area contributed by atoms with E-state index in [2.05, 4.69) is 28.1 Å². The Kier molecular flexibility index (Phi) is 3.87. The van der Waals surface area contributed by atoms with Gasteiger partial charge >= 0.3 is 0 Å². The van der Waals surface area contributed by atoms with E-state index in [9.17, 15) is 5.11 Å². The largest absolute Gasteiger partial charge is 0.496 e. The van der Waals surface area contributed by atoms with Gasteiger partial charge in [0.05, 0.1) is 17.7 Å². The van der Waals surface area contributed by atoms with Gasteiger partial charge in [-0.05, 0) is 58.8 Å². The van der Waals surface area contributed by atoms with Crippen LogP contribution in [0.2, 0.25) is 0 Å². The van der Waals surface area contributed by atoms with E-state index in [0.29, 0.717) is 5.92 Å². The summed E-state index contributed by atoms with van der Waals surface area (Å²) >= 11 is 3.48. The van der Waals surface area contributed by atoms with E-state index in [0.717, 1.165) is 35.9 Å². The van der Waals surface area contributed by atoms with Crippen LogP contribution < -0.4 is 4.74 Å². The first kappa shape index (κ1) is 11.9. The van der Waals surface area contributed by atoms with Crippen LogP contribution in [-0.2, 0) is 6.42 Å². The second-order valence-corrected chi connectivity index (χ2v) is 5.29. The number of methoxy groups -OCH3 is 1. The predicted octanol–water partition coefficient (Wildman–Crippen LogP) is 3.16. The minimum atomic E-state index is -0.110. The van der Waals surface area contributed by atoms with Gasteiger partial charge in [-0.3, -0.25) is 0 Å². The van der Waals surface area contributed by atoms with Gasteiger partial charge in [-0.15, -0.1) is 0 Å². The van der Waals surface area contributed by atoms with Gasteiger partial charge < -0.3 is 9.84 Å². The average molecular weight is 285 g/mol. The van der Waals surface area contributed by atoms with E-state index >= 15 is 0 Å². The quantitative estimate of drug-likeness (QED) is 0.924. The molecule has 0 spiro atoms. The summed E-state index contributed by atoms with van der Waals surface area (Å²) < 4.78 is 6.18. The number of hydrogen-bond acceptors (Lipinski definition) is 2. The molecule has 88 valence electrons. The molecule has 2 unspecified atom stereocenters. The highest BCUT2D eigenvalue weighted by Gasteiger charge is 2.25. The molecular formula is C13H17BrO2. The lowest BCUT2D eigenvalue weighted by Gasteiger charge is -2.15. The van der Waals surface area contributed by atoms with Crippen LogP contribution >= 0.6 is 15.9 Å². The van der Waals surface area contributed by atoms with Crippen LogP contribution in [0.25, 0.3) is 0 Å². The molecule has 1 aliphatic carbocycles. The van der Waals surface area contributed by atoms with Crippen molar-refractivity contribution < 1.29 is 9.84 Å². The third kappa shape index (κ3) is 2.58. The Labute approximate surface area is 105 Å². The highest BCUT2D eigenvalue weighted by atomic mass is 79.9. The van der Waals surface area contributed by atoms with Gasteiger partial charge in [0.1, 0.15) is 5.75 Å². The molecule has 2 nitrogen and oxygen atoms in total. The van der Waals surface area contributed by atoms with E-state index in [-0.39, 0.29) is 6.10 Å². The molecule has 2 atom stereocenters. The first-order valence-electron chi connectivity index (χ1n) is 5.71. The number of benzene rings is 1. The minimum absolute atomic E-state index is 0.110. The number of hydrogen-bond donors (Lipinski definition) is 1. The lowest BCUT2D eigenvalue weighted by Crippen LogP contribution is -2.15. The van der Waals surface area contributed by atoms with Crippen molar-refractivity contribution in [1.29, 1.82) is 0 Å². The van der Waals surface area contributed by atoms with Crippen molar-refractivity contribution in [3.8, 4) is 5.75 Å². The topological polar surface area (TPSA) is 29.5 Å². The van der Waals surface area contributed by atoms with Crippen molar-refractivity contribution in [2.45, 2.75) is 31.8 Å². The van der Waals surface area contributed by atoms with Gasteiger partial charge in [0, 0.05) is 0 Å². The van der Waals surface area contributed by atoms with Crippen molar-refractivity contribution in [3.05, 3.63) is 28.2 Å². The molecule has 1 aromatic rings. The summed E-state index contributed by atoms with van der Waals surface area (Å²) in [7, 11) is 1.67. The van der Waals surface area contributed by atoms with Gasteiger partial charge in [-0.2, -0.15) is 0 Å². The lowest BCUT2D eigenvalue weighted by atomic mass is 9.96. The molecule has 16 heavy (non-hydrogen) atoms. The van der Waals surface area contributed by atoms with Gasteiger partial charge in [0.15, 0.2) is 0 Å². The zero-order valence-electron chi connectivity index (χ0n) is 9.45. The monoisotopic (exact) mass is 284 g/mol. The Morgan fingerprint density at radius 2 is 2.25 bits per heavy atom. The normalized spacial score (nSPS) is 24.7. The highest BCUT2D eigenvalue weighted by Crippen LogP contribution is 2.31. The van der Waals surface area contributed by atoms with Gasteiger partial charge in [-0.25, -0.2) is 0 Å². The van der Waals surface area contributed by atoms with Crippen LogP contribution in [0, 0.1) is 5.92 Å². The maximum atomic E-state index is 9.78. The summed E-state index contributed by atoms with van der Waals surface area (Å²) in [5.74, 6) is 1.29. The molecule has 0 saturated heterocycles. The van der Waals surface area contributed by atoms with Crippen molar-refractivity contribution in [2.24, 2.45) is 5.92 Å². The first-order valence-corrected chi connectivity index (χ1v) is 6.50. The number of aliphatic hydroxyl groups excluding tert-OH is 1. The van der Waals surface area contributed by atoms with Crippen LogP contribution in [0.4, 0.5) is 0 Å². The van der Waals surface area contributed by atoms with Crippen LogP contribution in [0.1, 0.15) is 24.8 Å². The smallest absolute Gasteiger partial charge is 0.133 e. The third-order valence-corrected chi connectivity index (χ3v) is 3.95. The molecule has 3 heteroatoms. The molecule has 0 aliphatic heterocycles. The fraction of sp³-hybridized carbons (Fsp3) is 0.538. The molecule has 0 bridgehead atoms. The third-order valence-electron chi connectivity index (χ3n) is 3.33. The van der Waals surface area contributed by atoms with Gasteiger partial charge in [0.2, 0.25) is 0 Å². The molecule has 0 amide bonds. The molecule has 0 heterocycles. The summed E-state index contributed by atoms with van der Waals surface area (Å²) in [4.78, 5) is 0. The summed E-state index contributed by atoms with van der Waals surface area (Å²) in [5.41, 5.74) is 1.26. The van der Waals surface area contributed by atoms with Crippen molar-refractivity contribution in [3.63, 3.8) is 0 Å². The zero-order chi connectivity index (χ0) is 11.5. The molecule has 0 radical (unpaired) electrons. The Morgan fingerprint density at radius 1 is 1.44 bits per heavy atom. The second-order valence-electron chi connectivity index (χ2n) is 4.43. The molecule has 1 fully saturated rings. The zero-order valence-corrected chi connectivity index (χ0v) is 11.0. The van der Waals surface area contributed by atoms with E-state index in [1.165, 1.54) is 5.56 Å². The van der Waals surface area contributed by atoms with Gasteiger partial charge in [-0.1, -0.05) is 12.5 Å². The standard InChI is InChI=1S/C13H17BrO2/c1-16-13-6-5-9(8-11(13)14)7-10-3-2-4-12(10)15/h5-6,8,10,12,15H,2-4,7H2,1H3. The van der Waals surface area contributed by atoms with E-state index in [1.807, 2.05) is 6.07 Å². The SMILES string of the molecule is COc1ccc(CC2CCCC2O)cc1Br. The Hall–Kier alpha value is -0.540. The van der Waals surface area contributed by atoms with Crippen LogP contribution in [0.5, 0.6) is 5.75 Å². The molecular weight excluding hydrogens is 268 g/mol. The van der Waals surface area contributed by atoms with Crippen molar-refractivity contribution >= 4 is 15.9 Å². The fourth-order valence-electron chi connectivity index (χ4n) is 2.39. The summed E-state index contributed by atoms with van der Waals surface area (Å²) in [5, 5.41) is 9.78. The van der Waals surface area contributed by atoms with Crippen LogP contribution in [0.15, 0.2) is 22.7 Å². The second kappa shape index (κ2) is 5.19. The van der Waals surface area contributed by atoms with E-state index in [4.69, 9.17) is 4.74 Å².